The minimum atomic E-state index is -0.262. The predicted molar refractivity (Wildman–Crippen MR) is 54.1 cm³/mol. The summed E-state index contributed by atoms with van der Waals surface area (Å²) in [5, 5.41) is 8.73. The summed E-state index contributed by atoms with van der Waals surface area (Å²) in [6, 6.07) is 0. The van der Waals surface area contributed by atoms with Crippen LogP contribution < -0.4 is 5.73 Å². The van der Waals surface area contributed by atoms with Gasteiger partial charge in [-0.25, -0.2) is 0 Å². The molecule has 0 amide bonds. The zero-order valence-corrected chi connectivity index (χ0v) is 8.87. The van der Waals surface area contributed by atoms with Crippen LogP contribution in [0.1, 0.15) is 26.2 Å². The second-order valence-corrected chi connectivity index (χ2v) is 3.81. The number of nitrogens with two attached hydrogens (primary N) is 1. The van der Waals surface area contributed by atoms with Gasteiger partial charge in [-0.1, -0.05) is 6.92 Å². The van der Waals surface area contributed by atoms with E-state index in [1.165, 1.54) is 0 Å². The fraction of sp³-hybridized carbons (Fsp3) is 1.00. The molecule has 1 fully saturated rings. The number of rotatable bonds is 5. The van der Waals surface area contributed by atoms with E-state index in [0.29, 0.717) is 19.8 Å². The van der Waals surface area contributed by atoms with E-state index in [0.717, 1.165) is 19.3 Å². The van der Waals surface area contributed by atoms with Crippen LogP contribution in [0.25, 0.3) is 0 Å². The van der Waals surface area contributed by atoms with Crippen LogP contribution in [-0.2, 0) is 9.47 Å². The molecule has 1 aliphatic rings. The molecule has 1 aliphatic heterocycles. The Labute approximate surface area is 85.4 Å². The van der Waals surface area contributed by atoms with Crippen molar-refractivity contribution in [3.8, 4) is 0 Å². The molecule has 2 atom stereocenters. The molecule has 1 rings (SSSR count). The van der Waals surface area contributed by atoms with E-state index < -0.39 is 0 Å². The van der Waals surface area contributed by atoms with Crippen molar-refractivity contribution in [2.45, 2.75) is 37.9 Å². The Hall–Kier alpha value is -0.160. The highest BCUT2D eigenvalue weighted by atomic mass is 16.5. The Morgan fingerprint density at radius 1 is 1.64 bits per heavy atom. The van der Waals surface area contributed by atoms with E-state index in [2.05, 4.69) is 6.92 Å². The van der Waals surface area contributed by atoms with Gasteiger partial charge < -0.3 is 20.3 Å². The fourth-order valence-electron chi connectivity index (χ4n) is 1.89. The highest BCUT2D eigenvalue weighted by Crippen LogP contribution is 2.28. The number of hydrogen-bond donors (Lipinski definition) is 2. The summed E-state index contributed by atoms with van der Waals surface area (Å²) in [4.78, 5) is 0. The molecule has 1 saturated heterocycles. The van der Waals surface area contributed by atoms with Crippen molar-refractivity contribution in [1.29, 1.82) is 0 Å². The lowest BCUT2D eigenvalue weighted by Crippen LogP contribution is -2.48. The highest BCUT2D eigenvalue weighted by Gasteiger charge is 2.36. The van der Waals surface area contributed by atoms with Crippen molar-refractivity contribution in [2.24, 2.45) is 5.73 Å². The van der Waals surface area contributed by atoms with E-state index in [9.17, 15) is 0 Å². The van der Waals surface area contributed by atoms with E-state index in [-0.39, 0.29) is 18.3 Å². The van der Waals surface area contributed by atoms with Crippen LogP contribution in [0, 0.1) is 0 Å². The molecule has 0 saturated carbocycles. The summed E-state index contributed by atoms with van der Waals surface area (Å²) in [5.74, 6) is 0. The molecule has 0 aromatic heterocycles. The molecule has 0 aromatic rings. The van der Waals surface area contributed by atoms with Gasteiger partial charge in [0.1, 0.15) is 0 Å². The lowest BCUT2D eigenvalue weighted by Gasteiger charge is -2.39. The SMILES string of the molecule is CCC1CC(CN)(OCCO)CCO1. The van der Waals surface area contributed by atoms with E-state index in [1.54, 1.807) is 0 Å². The fourth-order valence-corrected chi connectivity index (χ4v) is 1.89. The van der Waals surface area contributed by atoms with Crippen molar-refractivity contribution < 1.29 is 14.6 Å². The van der Waals surface area contributed by atoms with Crippen LogP contribution in [-0.4, -0.2) is 43.2 Å². The van der Waals surface area contributed by atoms with E-state index >= 15 is 0 Å². The molecule has 4 nitrogen and oxygen atoms in total. The zero-order chi connectivity index (χ0) is 10.4. The number of hydrogen-bond acceptors (Lipinski definition) is 4. The Balaban J connectivity index is 2.49. The molecule has 84 valence electrons. The van der Waals surface area contributed by atoms with Crippen LogP contribution in [0.3, 0.4) is 0 Å². The second-order valence-electron chi connectivity index (χ2n) is 3.81. The van der Waals surface area contributed by atoms with Gasteiger partial charge in [0.15, 0.2) is 0 Å². The predicted octanol–water partition coefficient (Wildman–Crippen LogP) is 0.282. The van der Waals surface area contributed by atoms with Crippen molar-refractivity contribution in [1.82, 2.24) is 0 Å². The Morgan fingerprint density at radius 3 is 3.00 bits per heavy atom. The summed E-state index contributed by atoms with van der Waals surface area (Å²) in [6.45, 7) is 3.74. The minimum Gasteiger partial charge on any atom is -0.394 e. The first-order valence-electron chi connectivity index (χ1n) is 5.33. The van der Waals surface area contributed by atoms with Crippen LogP contribution in [0.2, 0.25) is 0 Å². The maximum Gasteiger partial charge on any atom is 0.0851 e. The Bertz CT molecular complexity index is 165. The molecule has 2 unspecified atom stereocenters. The first-order chi connectivity index (χ1) is 6.76. The van der Waals surface area contributed by atoms with Crippen LogP contribution >= 0.6 is 0 Å². The van der Waals surface area contributed by atoms with Crippen molar-refractivity contribution >= 4 is 0 Å². The molecule has 1 heterocycles. The van der Waals surface area contributed by atoms with Gasteiger partial charge in [0.2, 0.25) is 0 Å². The first kappa shape index (κ1) is 11.9. The average molecular weight is 203 g/mol. The van der Waals surface area contributed by atoms with Crippen molar-refractivity contribution in [3.05, 3.63) is 0 Å². The number of aliphatic hydroxyl groups excluding tert-OH is 1. The van der Waals surface area contributed by atoms with Gasteiger partial charge in [-0.15, -0.1) is 0 Å². The van der Waals surface area contributed by atoms with Gasteiger partial charge in [-0.05, 0) is 6.42 Å². The van der Waals surface area contributed by atoms with Crippen LogP contribution in [0.4, 0.5) is 0 Å². The first-order valence-corrected chi connectivity index (χ1v) is 5.33. The zero-order valence-electron chi connectivity index (χ0n) is 8.87. The summed E-state index contributed by atoms with van der Waals surface area (Å²) in [6.07, 6.45) is 2.93. The molecule has 14 heavy (non-hydrogen) atoms. The van der Waals surface area contributed by atoms with Gasteiger partial charge in [-0.2, -0.15) is 0 Å². The number of aliphatic hydroxyl groups is 1. The molecular weight excluding hydrogens is 182 g/mol. The standard InChI is InChI=1S/C10H21NO3/c1-2-9-7-10(8-11,3-5-13-9)14-6-4-12/h9,12H,2-8,11H2,1H3. The third-order valence-electron chi connectivity index (χ3n) is 2.84. The molecule has 0 spiro atoms. The van der Waals surface area contributed by atoms with Crippen LogP contribution in [0.15, 0.2) is 0 Å². The van der Waals surface area contributed by atoms with Crippen molar-refractivity contribution in [3.63, 3.8) is 0 Å². The van der Waals surface area contributed by atoms with Gasteiger partial charge in [-0.3, -0.25) is 0 Å². The molecule has 0 aliphatic carbocycles. The molecular formula is C10H21NO3. The Morgan fingerprint density at radius 2 is 2.43 bits per heavy atom. The topological polar surface area (TPSA) is 64.7 Å². The molecule has 4 heteroatoms. The van der Waals surface area contributed by atoms with Crippen LogP contribution in [0.5, 0.6) is 0 Å². The summed E-state index contributed by atoms with van der Waals surface area (Å²) < 4.78 is 11.2. The number of ether oxygens (including phenoxy) is 2. The quantitative estimate of drug-likeness (QED) is 0.673. The molecule has 0 radical (unpaired) electrons. The molecule has 0 aromatic carbocycles. The van der Waals surface area contributed by atoms with E-state index in [4.69, 9.17) is 20.3 Å². The van der Waals surface area contributed by atoms with Crippen molar-refractivity contribution in [2.75, 3.05) is 26.4 Å². The summed E-state index contributed by atoms with van der Waals surface area (Å²) >= 11 is 0. The maximum atomic E-state index is 8.73. The minimum absolute atomic E-state index is 0.0550. The maximum absolute atomic E-state index is 8.73. The monoisotopic (exact) mass is 203 g/mol. The van der Waals surface area contributed by atoms with Gasteiger partial charge in [0.25, 0.3) is 0 Å². The molecule has 0 bridgehead atoms. The third-order valence-corrected chi connectivity index (χ3v) is 2.84. The Kier molecular flexibility index (Phi) is 4.81. The van der Waals surface area contributed by atoms with Gasteiger partial charge >= 0.3 is 0 Å². The van der Waals surface area contributed by atoms with E-state index in [1.807, 2.05) is 0 Å². The van der Waals surface area contributed by atoms with Gasteiger partial charge in [0, 0.05) is 26.0 Å². The lowest BCUT2D eigenvalue weighted by atomic mass is 9.89. The summed E-state index contributed by atoms with van der Waals surface area (Å²) in [7, 11) is 0. The van der Waals surface area contributed by atoms with Gasteiger partial charge in [0.05, 0.1) is 24.9 Å². The lowest BCUT2D eigenvalue weighted by molar-refractivity contribution is -0.138. The highest BCUT2D eigenvalue weighted by molar-refractivity contribution is 4.88. The largest absolute Gasteiger partial charge is 0.394 e. The average Bonchev–Trinajstić information content (AvgIpc) is 2.26. The second kappa shape index (κ2) is 5.66. The normalized spacial score (nSPS) is 33.2. The molecule has 3 N–H and O–H groups in total. The summed E-state index contributed by atoms with van der Waals surface area (Å²) in [5.41, 5.74) is 5.47. The smallest absolute Gasteiger partial charge is 0.0851 e. The third kappa shape index (κ3) is 2.92.